The number of hydrogen-bond donors (Lipinski definition) is 2. The minimum absolute atomic E-state index is 0.0761. The molecular formula is C26H25N5OS. The van der Waals surface area contributed by atoms with Crippen LogP contribution in [-0.2, 0) is 17.8 Å². The Labute approximate surface area is 196 Å². The monoisotopic (exact) mass is 455 g/mol. The van der Waals surface area contributed by atoms with Gasteiger partial charge in [-0.3, -0.25) is 14.1 Å². The van der Waals surface area contributed by atoms with Gasteiger partial charge >= 0.3 is 0 Å². The molecule has 6 rings (SSSR count). The van der Waals surface area contributed by atoms with Gasteiger partial charge in [-0.15, -0.1) is 11.3 Å². The number of thiazole rings is 1. The Bertz CT molecular complexity index is 1360. The molecule has 4 aromatic rings. The van der Waals surface area contributed by atoms with Crippen molar-refractivity contribution in [3.63, 3.8) is 0 Å². The highest BCUT2D eigenvalue weighted by atomic mass is 32.1. The van der Waals surface area contributed by atoms with Crippen molar-refractivity contribution in [1.29, 1.82) is 0 Å². The van der Waals surface area contributed by atoms with Crippen molar-refractivity contribution in [3.8, 4) is 11.3 Å². The van der Waals surface area contributed by atoms with Crippen molar-refractivity contribution < 1.29 is 4.79 Å². The summed E-state index contributed by atoms with van der Waals surface area (Å²) in [7, 11) is 0. The Morgan fingerprint density at radius 1 is 1.06 bits per heavy atom. The summed E-state index contributed by atoms with van der Waals surface area (Å²) >= 11 is 1.66. The van der Waals surface area contributed by atoms with Crippen molar-refractivity contribution in [2.45, 2.75) is 13.0 Å². The first-order chi connectivity index (χ1) is 16.3. The number of hydrogen-bond acceptors (Lipinski definition) is 5. The van der Waals surface area contributed by atoms with Crippen LogP contribution in [-0.4, -0.2) is 46.4 Å². The molecular weight excluding hydrogens is 430 g/mol. The second kappa shape index (κ2) is 8.59. The number of fused-ring (bicyclic) bond motifs is 2. The van der Waals surface area contributed by atoms with Gasteiger partial charge in [0.15, 0.2) is 4.96 Å². The molecule has 0 radical (unpaired) electrons. The molecule has 0 bridgehead atoms. The third kappa shape index (κ3) is 3.88. The molecule has 1 fully saturated rings. The van der Waals surface area contributed by atoms with Gasteiger partial charge in [0, 0.05) is 61.1 Å². The molecule has 2 N–H and O–H groups in total. The smallest absolute Gasteiger partial charge is 0.255 e. The molecule has 1 aliphatic carbocycles. The third-order valence-electron chi connectivity index (χ3n) is 6.41. The maximum absolute atomic E-state index is 13.1. The molecule has 3 heterocycles. The standard InChI is InChI=1S/C26H25N5OS/c32-25(21-10-9-18-5-1-2-6-20(18)21)28-23-8-4-3-7-22(23)24-16-31-19(17-33-26(31)29-24)15-30-13-11-27-12-14-30/h1-8,10,16-17,27H,9,11-15H2,(H,28,32). The zero-order valence-corrected chi connectivity index (χ0v) is 19.1. The zero-order chi connectivity index (χ0) is 22.2. The second-order valence-electron chi connectivity index (χ2n) is 8.51. The number of anilines is 1. The van der Waals surface area contributed by atoms with Gasteiger partial charge < -0.3 is 10.6 Å². The summed E-state index contributed by atoms with van der Waals surface area (Å²) < 4.78 is 2.19. The van der Waals surface area contributed by atoms with Gasteiger partial charge in [-0.1, -0.05) is 48.5 Å². The van der Waals surface area contributed by atoms with Gasteiger partial charge in [0.25, 0.3) is 5.91 Å². The number of amides is 1. The van der Waals surface area contributed by atoms with E-state index in [2.05, 4.69) is 37.6 Å². The molecule has 7 heteroatoms. The maximum Gasteiger partial charge on any atom is 0.255 e. The molecule has 166 valence electrons. The number of para-hydroxylation sites is 1. The lowest BCUT2D eigenvalue weighted by Crippen LogP contribution is -2.43. The quantitative estimate of drug-likeness (QED) is 0.477. The Morgan fingerprint density at radius 2 is 1.85 bits per heavy atom. The van der Waals surface area contributed by atoms with Crippen LogP contribution in [0.2, 0.25) is 0 Å². The van der Waals surface area contributed by atoms with E-state index in [1.807, 2.05) is 48.5 Å². The first-order valence-corrected chi connectivity index (χ1v) is 12.2. The number of nitrogens with zero attached hydrogens (tertiary/aromatic N) is 3. The maximum atomic E-state index is 13.1. The molecule has 1 saturated heterocycles. The van der Waals surface area contributed by atoms with Crippen molar-refractivity contribution >= 4 is 33.5 Å². The number of piperazine rings is 1. The molecule has 6 nitrogen and oxygen atoms in total. The van der Waals surface area contributed by atoms with E-state index in [4.69, 9.17) is 4.98 Å². The molecule has 0 unspecified atom stereocenters. The average molecular weight is 456 g/mol. The van der Waals surface area contributed by atoms with Crippen LogP contribution in [0, 0.1) is 0 Å². The fraction of sp³-hybridized carbons (Fsp3) is 0.231. The third-order valence-corrected chi connectivity index (χ3v) is 7.30. The van der Waals surface area contributed by atoms with Crippen molar-refractivity contribution in [1.82, 2.24) is 19.6 Å². The summed E-state index contributed by atoms with van der Waals surface area (Å²) in [6.07, 6.45) is 4.91. The number of allylic oxidation sites excluding steroid dienone is 1. The highest BCUT2D eigenvalue weighted by Crippen LogP contribution is 2.32. The van der Waals surface area contributed by atoms with E-state index in [9.17, 15) is 4.79 Å². The SMILES string of the molecule is O=C(Nc1ccccc1-c1cn2c(CN3CCNCC3)csc2n1)C1=CCc2ccccc21. The number of nitrogens with one attached hydrogen (secondary N) is 2. The number of carbonyl (C=O) groups is 1. The molecule has 0 saturated carbocycles. The van der Waals surface area contributed by atoms with Crippen LogP contribution in [0.15, 0.2) is 66.2 Å². The van der Waals surface area contributed by atoms with Crippen LogP contribution >= 0.6 is 11.3 Å². The lowest BCUT2D eigenvalue weighted by molar-refractivity contribution is -0.111. The van der Waals surface area contributed by atoms with Gasteiger partial charge in [-0.2, -0.15) is 0 Å². The van der Waals surface area contributed by atoms with Crippen LogP contribution in [0.3, 0.4) is 0 Å². The molecule has 1 aliphatic heterocycles. The minimum Gasteiger partial charge on any atom is -0.321 e. The fourth-order valence-electron chi connectivity index (χ4n) is 4.67. The number of rotatable bonds is 5. The summed E-state index contributed by atoms with van der Waals surface area (Å²) in [5, 5.41) is 8.75. The number of benzene rings is 2. The van der Waals surface area contributed by atoms with Crippen molar-refractivity contribution in [2.24, 2.45) is 0 Å². The summed E-state index contributed by atoms with van der Waals surface area (Å²) in [6.45, 7) is 5.12. The molecule has 2 aromatic heterocycles. The van der Waals surface area contributed by atoms with Crippen molar-refractivity contribution in [3.05, 3.63) is 83.0 Å². The van der Waals surface area contributed by atoms with Gasteiger partial charge in [-0.05, 0) is 23.6 Å². The number of carbonyl (C=O) groups excluding carboxylic acids is 1. The topological polar surface area (TPSA) is 61.7 Å². The van der Waals surface area contributed by atoms with Gasteiger partial charge in [0.1, 0.15) is 0 Å². The van der Waals surface area contributed by atoms with E-state index in [1.54, 1.807) is 11.3 Å². The fourth-order valence-corrected chi connectivity index (χ4v) is 5.54. The Hall–Kier alpha value is -3.26. The average Bonchev–Trinajstić information content (AvgIpc) is 3.56. The molecule has 0 spiro atoms. The van der Waals surface area contributed by atoms with E-state index >= 15 is 0 Å². The number of aromatic nitrogens is 2. The van der Waals surface area contributed by atoms with E-state index < -0.39 is 0 Å². The van der Waals surface area contributed by atoms with Crippen LogP contribution < -0.4 is 10.6 Å². The molecule has 2 aromatic carbocycles. The van der Waals surface area contributed by atoms with E-state index in [-0.39, 0.29) is 5.91 Å². The first kappa shape index (κ1) is 20.4. The Balaban J connectivity index is 1.27. The molecule has 33 heavy (non-hydrogen) atoms. The van der Waals surface area contributed by atoms with Gasteiger partial charge in [0.2, 0.25) is 0 Å². The molecule has 0 atom stereocenters. The lowest BCUT2D eigenvalue weighted by Gasteiger charge is -2.26. The van der Waals surface area contributed by atoms with E-state index in [0.717, 1.165) is 72.2 Å². The summed E-state index contributed by atoms with van der Waals surface area (Å²) in [6, 6.07) is 16.0. The molecule has 2 aliphatic rings. The van der Waals surface area contributed by atoms with Gasteiger partial charge in [-0.25, -0.2) is 4.98 Å². The Morgan fingerprint density at radius 3 is 2.73 bits per heavy atom. The highest BCUT2D eigenvalue weighted by Gasteiger charge is 2.21. The van der Waals surface area contributed by atoms with Crippen LogP contribution in [0.1, 0.15) is 16.8 Å². The Kier molecular flexibility index (Phi) is 5.30. The summed E-state index contributed by atoms with van der Waals surface area (Å²) in [5.41, 5.74) is 6.80. The second-order valence-corrected chi connectivity index (χ2v) is 9.35. The highest BCUT2D eigenvalue weighted by molar-refractivity contribution is 7.15. The van der Waals surface area contributed by atoms with Gasteiger partial charge in [0.05, 0.1) is 11.4 Å². The van der Waals surface area contributed by atoms with Crippen molar-refractivity contribution in [2.75, 3.05) is 31.5 Å². The number of imidazole rings is 1. The predicted molar refractivity (Wildman–Crippen MR) is 133 cm³/mol. The van der Waals surface area contributed by atoms with Crippen LogP contribution in [0.25, 0.3) is 21.8 Å². The molecule has 1 amide bonds. The normalized spacial score (nSPS) is 16.1. The van der Waals surface area contributed by atoms with Crippen LogP contribution in [0.4, 0.5) is 5.69 Å². The summed E-state index contributed by atoms with van der Waals surface area (Å²) in [5.74, 6) is -0.0761. The van der Waals surface area contributed by atoms with E-state index in [0.29, 0.717) is 0 Å². The van der Waals surface area contributed by atoms with Crippen LogP contribution in [0.5, 0.6) is 0 Å². The lowest BCUT2D eigenvalue weighted by atomic mass is 10.0. The predicted octanol–water partition coefficient (Wildman–Crippen LogP) is 4.05. The first-order valence-electron chi connectivity index (χ1n) is 11.3. The van der Waals surface area contributed by atoms with E-state index in [1.165, 1.54) is 11.3 Å². The summed E-state index contributed by atoms with van der Waals surface area (Å²) in [4.78, 5) is 21.5. The zero-order valence-electron chi connectivity index (χ0n) is 18.3. The minimum atomic E-state index is -0.0761. The largest absolute Gasteiger partial charge is 0.321 e.